The lowest BCUT2D eigenvalue weighted by Crippen LogP contribution is -2.03. The average Bonchev–Trinajstić information content (AvgIpc) is 2.76. The highest BCUT2D eigenvalue weighted by Gasteiger charge is 2.19. The van der Waals surface area contributed by atoms with E-state index in [9.17, 15) is 9.18 Å². The van der Waals surface area contributed by atoms with E-state index in [1.54, 1.807) is 12.1 Å². The summed E-state index contributed by atoms with van der Waals surface area (Å²) in [5.41, 5.74) is 4.37. The number of carbonyl (C=O) groups is 1. The van der Waals surface area contributed by atoms with E-state index in [2.05, 4.69) is 10.6 Å². The molecule has 5 heteroatoms. The van der Waals surface area contributed by atoms with Crippen LogP contribution < -0.4 is 10.6 Å². The van der Waals surface area contributed by atoms with Gasteiger partial charge in [-0.1, -0.05) is 17.7 Å². The van der Waals surface area contributed by atoms with Crippen molar-refractivity contribution in [2.75, 3.05) is 10.6 Å². The van der Waals surface area contributed by atoms with E-state index < -0.39 is 0 Å². The van der Waals surface area contributed by atoms with Gasteiger partial charge < -0.3 is 10.6 Å². The fraction of sp³-hybridized carbons (Fsp3) is 0.188. The third-order valence-electron chi connectivity index (χ3n) is 3.59. The molecule has 2 aromatic carbocycles. The number of carbonyl (C=O) groups excluding carboxylic acids is 1. The van der Waals surface area contributed by atoms with Gasteiger partial charge >= 0.3 is 0 Å². The molecule has 0 aliphatic carbocycles. The number of rotatable bonds is 3. The largest absolute Gasteiger partial charge is 0.380 e. The van der Waals surface area contributed by atoms with Crippen LogP contribution in [-0.2, 0) is 17.8 Å². The minimum Gasteiger partial charge on any atom is -0.380 e. The van der Waals surface area contributed by atoms with Gasteiger partial charge in [-0.3, -0.25) is 4.79 Å². The summed E-state index contributed by atoms with van der Waals surface area (Å²) < 4.78 is 13.1. The number of benzene rings is 2. The van der Waals surface area contributed by atoms with Crippen LogP contribution in [0.5, 0.6) is 0 Å². The second kappa shape index (κ2) is 5.37. The first-order valence-corrected chi connectivity index (χ1v) is 7.02. The normalized spacial score (nSPS) is 13.0. The van der Waals surface area contributed by atoms with Crippen molar-refractivity contribution in [3.63, 3.8) is 0 Å². The number of fused-ring (bicyclic) bond motifs is 1. The standard InChI is InChI=1S/C16H14ClFN2O/c1-9-4-12(18)3-2-10(9)8-19-15-5-11-6-16(21)20-14(11)7-13(15)17/h2-5,7,19H,6,8H2,1H3,(H,20,21). The molecule has 2 N–H and O–H groups in total. The van der Waals surface area contributed by atoms with Gasteiger partial charge in [0.2, 0.25) is 5.91 Å². The zero-order chi connectivity index (χ0) is 15.0. The Morgan fingerprint density at radius 3 is 2.90 bits per heavy atom. The summed E-state index contributed by atoms with van der Waals surface area (Å²) in [6, 6.07) is 8.33. The molecular formula is C16H14ClFN2O. The van der Waals surface area contributed by atoms with Crippen molar-refractivity contribution in [2.24, 2.45) is 0 Å². The van der Waals surface area contributed by atoms with Gasteiger partial charge in [0.25, 0.3) is 0 Å². The molecule has 0 unspecified atom stereocenters. The lowest BCUT2D eigenvalue weighted by molar-refractivity contribution is -0.115. The molecule has 108 valence electrons. The minimum atomic E-state index is -0.239. The highest BCUT2D eigenvalue weighted by molar-refractivity contribution is 6.33. The smallest absolute Gasteiger partial charge is 0.228 e. The monoisotopic (exact) mass is 304 g/mol. The zero-order valence-electron chi connectivity index (χ0n) is 11.5. The Balaban J connectivity index is 1.79. The van der Waals surface area contributed by atoms with Crippen molar-refractivity contribution in [1.82, 2.24) is 0 Å². The van der Waals surface area contributed by atoms with Crippen LogP contribution >= 0.6 is 11.6 Å². The maximum atomic E-state index is 13.1. The lowest BCUT2D eigenvalue weighted by atomic mass is 10.1. The van der Waals surface area contributed by atoms with Crippen molar-refractivity contribution in [3.8, 4) is 0 Å². The Kier molecular flexibility index (Phi) is 3.55. The van der Waals surface area contributed by atoms with Crippen LogP contribution in [-0.4, -0.2) is 5.91 Å². The van der Waals surface area contributed by atoms with Crippen LogP contribution in [0.2, 0.25) is 5.02 Å². The van der Waals surface area contributed by atoms with E-state index in [1.807, 2.05) is 13.0 Å². The summed E-state index contributed by atoms with van der Waals surface area (Å²) in [7, 11) is 0. The van der Waals surface area contributed by atoms with Gasteiger partial charge in [0.15, 0.2) is 0 Å². The molecule has 0 fully saturated rings. The quantitative estimate of drug-likeness (QED) is 0.903. The topological polar surface area (TPSA) is 41.1 Å². The number of hydrogen-bond acceptors (Lipinski definition) is 2. The number of amides is 1. The van der Waals surface area contributed by atoms with Gasteiger partial charge in [0.1, 0.15) is 5.82 Å². The summed E-state index contributed by atoms with van der Waals surface area (Å²) in [6.07, 6.45) is 0.372. The van der Waals surface area contributed by atoms with Crippen LogP contribution in [0, 0.1) is 12.7 Å². The van der Waals surface area contributed by atoms with Crippen LogP contribution in [0.3, 0.4) is 0 Å². The molecule has 0 radical (unpaired) electrons. The molecule has 1 aliphatic heterocycles. The molecule has 1 aliphatic rings. The fourth-order valence-electron chi connectivity index (χ4n) is 2.43. The molecule has 0 saturated carbocycles. The SMILES string of the molecule is Cc1cc(F)ccc1CNc1cc2c(cc1Cl)NC(=O)C2. The summed E-state index contributed by atoms with van der Waals surface area (Å²) >= 11 is 6.21. The predicted molar refractivity (Wildman–Crippen MR) is 82.2 cm³/mol. The van der Waals surface area contributed by atoms with Crippen molar-refractivity contribution in [2.45, 2.75) is 19.9 Å². The van der Waals surface area contributed by atoms with Gasteiger partial charge in [0, 0.05) is 12.2 Å². The molecule has 0 atom stereocenters. The fourth-order valence-corrected chi connectivity index (χ4v) is 2.66. The second-order valence-electron chi connectivity index (χ2n) is 5.14. The van der Waals surface area contributed by atoms with Crippen LogP contribution in [0.15, 0.2) is 30.3 Å². The predicted octanol–water partition coefficient (Wildman–Crippen LogP) is 3.89. The van der Waals surface area contributed by atoms with Crippen molar-refractivity contribution < 1.29 is 9.18 Å². The minimum absolute atomic E-state index is 0.0207. The van der Waals surface area contributed by atoms with E-state index >= 15 is 0 Å². The number of hydrogen-bond donors (Lipinski definition) is 2. The van der Waals surface area contributed by atoms with E-state index in [1.165, 1.54) is 12.1 Å². The van der Waals surface area contributed by atoms with Crippen molar-refractivity contribution in [3.05, 3.63) is 57.9 Å². The zero-order valence-corrected chi connectivity index (χ0v) is 12.2. The number of nitrogens with one attached hydrogen (secondary N) is 2. The first kappa shape index (κ1) is 13.9. The van der Waals surface area contributed by atoms with E-state index in [-0.39, 0.29) is 11.7 Å². The highest BCUT2D eigenvalue weighted by atomic mass is 35.5. The molecular weight excluding hydrogens is 291 g/mol. The number of aryl methyl sites for hydroxylation is 1. The van der Waals surface area contributed by atoms with Gasteiger partial charge in [-0.15, -0.1) is 0 Å². The third kappa shape index (κ3) is 2.85. The maximum absolute atomic E-state index is 13.1. The molecule has 0 aromatic heterocycles. The summed E-state index contributed by atoms with van der Waals surface area (Å²) in [5, 5.41) is 6.55. The van der Waals surface area contributed by atoms with Crippen molar-refractivity contribution >= 4 is 28.9 Å². The Labute approximate surface area is 127 Å². The van der Waals surface area contributed by atoms with Crippen LogP contribution in [0.1, 0.15) is 16.7 Å². The maximum Gasteiger partial charge on any atom is 0.228 e. The highest BCUT2D eigenvalue weighted by Crippen LogP contribution is 2.33. The molecule has 0 saturated heterocycles. The van der Waals surface area contributed by atoms with Crippen LogP contribution in [0.4, 0.5) is 15.8 Å². The van der Waals surface area contributed by atoms with E-state index in [4.69, 9.17) is 11.6 Å². The van der Waals surface area contributed by atoms with Gasteiger partial charge in [-0.2, -0.15) is 0 Å². The van der Waals surface area contributed by atoms with E-state index in [0.717, 1.165) is 28.1 Å². The Morgan fingerprint density at radius 2 is 2.14 bits per heavy atom. The Hall–Kier alpha value is -2.07. The first-order chi connectivity index (χ1) is 10.0. The summed E-state index contributed by atoms with van der Waals surface area (Å²) in [4.78, 5) is 11.4. The van der Waals surface area contributed by atoms with Gasteiger partial charge in [0.05, 0.1) is 17.1 Å². The van der Waals surface area contributed by atoms with Crippen molar-refractivity contribution in [1.29, 1.82) is 0 Å². The lowest BCUT2D eigenvalue weighted by Gasteiger charge is -2.12. The molecule has 3 nitrogen and oxygen atoms in total. The summed E-state index contributed by atoms with van der Waals surface area (Å²) in [5.74, 6) is -0.260. The Bertz CT molecular complexity index is 730. The molecule has 21 heavy (non-hydrogen) atoms. The molecule has 3 rings (SSSR count). The number of anilines is 2. The molecule has 0 spiro atoms. The number of halogens is 2. The van der Waals surface area contributed by atoms with Gasteiger partial charge in [-0.05, 0) is 47.9 Å². The molecule has 1 heterocycles. The second-order valence-corrected chi connectivity index (χ2v) is 5.55. The molecule has 1 amide bonds. The third-order valence-corrected chi connectivity index (χ3v) is 3.90. The van der Waals surface area contributed by atoms with E-state index in [0.29, 0.717) is 18.0 Å². The average molecular weight is 305 g/mol. The van der Waals surface area contributed by atoms with Crippen LogP contribution in [0.25, 0.3) is 0 Å². The molecule has 0 bridgehead atoms. The Morgan fingerprint density at radius 1 is 1.33 bits per heavy atom. The first-order valence-electron chi connectivity index (χ1n) is 6.64. The summed E-state index contributed by atoms with van der Waals surface area (Å²) in [6.45, 7) is 2.42. The molecule has 2 aromatic rings. The van der Waals surface area contributed by atoms with Gasteiger partial charge in [-0.25, -0.2) is 4.39 Å².